The van der Waals surface area contributed by atoms with E-state index in [4.69, 9.17) is 14.2 Å². The van der Waals surface area contributed by atoms with Gasteiger partial charge in [-0.25, -0.2) is 14.0 Å². The van der Waals surface area contributed by atoms with Crippen LogP contribution in [0.5, 0.6) is 0 Å². The van der Waals surface area contributed by atoms with Gasteiger partial charge in [-0.1, -0.05) is 6.07 Å². The summed E-state index contributed by atoms with van der Waals surface area (Å²) in [5.41, 5.74) is 0.510. The highest BCUT2D eigenvalue weighted by Crippen LogP contribution is 2.38. The van der Waals surface area contributed by atoms with Crippen LogP contribution in [0.1, 0.15) is 12.8 Å². The molecule has 2 aliphatic rings. The number of anilines is 2. The third-order valence-corrected chi connectivity index (χ3v) is 4.87. The zero-order valence-electron chi connectivity index (χ0n) is 15.8. The van der Waals surface area contributed by atoms with Gasteiger partial charge in [-0.3, -0.25) is 0 Å². The number of piperidine rings is 1. The number of carbonyl (C=O) groups excluding carboxylic acids is 2. The molecule has 0 radical (unpaired) electrons. The fourth-order valence-electron chi connectivity index (χ4n) is 3.45. The Morgan fingerprint density at radius 2 is 1.86 bits per heavy atom. The fourth-order valence-corrected chi connectivity index (χ4v) is 3.45. The van der Waals surface area contributed by atoms with Gasteiger partial charge < -0.3 is 29.1 Å². The summed E-state index contributed by atoms with van der Waals surface area (Å²) in [6.07, 6.45) is 0.724. The smallest absolute Gasteiger partial charge is 0.355 e. The molecule has 1 N–H and O–H groups in total. The quantitative estimate of drug-likeness (QED) is 0.762. The first kappa shape index (κ1) is 20.1. The number of hydrogen-bond donors (Lipinski definition) is 1. The summed E-state index contributed by atoms with van der Waals surface area (Å²) in [7, 11) is 2.38. The molecule has 1 aromatic rings. The predicted octanol–water partition coefficient (Wildman–Crippen LogP) is 1.18. The number of methoxy groups -OCH3 is 2. The van der Waals surface area contributed by atoms with Gasteiger partial charge in [0.2, 0.25) is 0 Å². The van der Waals surface area contributed by atoms with Crippen LogP contribution in [0.2, 0.25) is 0 Å². The Bertz CT molecular complexity index is 789. The molecule has 8 nitrogen and oxygen atoms in total. The molecule has 1 fully saturated rings. The van der Waals surface area contributed by atoms with Gasteiger partial charge in [0.15, 0.2) is 0 Å². The van der Waals surface area contributed by atoms with Crippen molar-refractivity contribution in [3.8, 4) is 0 Å². The van der Waals surface area contributed by atoms with Crippen molar-refractivity contribution in [1.29, 1.82) is 0 Å². The van der Waals surface area contributed by atoms with E-state index in [1.165, 1.54) is 25.2 Å². The SMILES string of the molecule is COC(=O)C1=C(C(=O)OC)N(c2c(F)cccc2N2CCC(O)CC2)COC1. The number of nitrogens with zero attached hydrogens (tertiary/aromatic N) is 2. The number of carbonyl (C=O) groups is 2. The average Bonchev–Trinajstić information content (AvgIpc) is 2.72. The van der Waals surface area contributed by atoms with Crippen molar-refractivity contribution >= 4 is 23.3 Å². The molecule has 0 amide bonds. The molecule has 152 valence electrons. The van der Waals surface area contributed by atoms with Gasteiger partial charge in [0.05, 0.1) is 38.2 Å². The second kappa shape index (κ2) is 8.57. The first-order chi connectivity index (χ1) is 13.5. The lowest BCUT2D eigenvalue weighted by molar-refractivity contribution is -0.140. The van der Waals surface area contributed by atoms with Crippen LogP contribution in [0.15, 0.2) is 29.5 Å². The molecule has 0 atom stereocenters. The van der Waals surface area contributed by atoms with Crippen LogP contribution in [0.3, 0.4) is 0 Å². The van der Waals surface area contributed by atoms with Gasteiger partial charge in [-0.05, 0) is 25.0 Å². The van der Waals surface area contributed by atoms with Gasteiger partial charge >= 0.3 is 11.9 Å². The topological polar surface area (TPSA) is 88.5 Å². The number of aliphatic hydroxyl groups excluding tert-OH is 1. The summed E-state index contributed by atoms with van der Waals surface area (Å²) < 4.78 is 30.0. The number of benzene rings is 1. The minimum absolute atomic E-state index is 0.0381. The molecule has 2 heterocycles. The maximum absolute atomic E-state index is 15.0. The molecule has 0 aromatic heterocycles. The van der Waals surface area contributed by atoms with E-state index in [1.54, 1.807) is 12.1 Å². The highest BCUT2D eigenvalue weighted by atomic mass is 19.1. The lowest BCUT2D eigenvalue weighted by atomic mass is 10.1. The lowest BCUT2D eigenvalue weighted by Gasteiger charge is -2.37. The summed E-state index contributed by atoms with van der Waals surface area (Å²) in [6.45, 7) is 0.795. The Labute approximate surface area is 162 Å². The lowest BCUT2D eigenvalue weighted by Crippen LogP contribution is -2.41. The highest BCUT2D eigenvalue weighted by molar-refractivity contribution is 6.04. The van der Waals surface area contributed by atoms with Crippen molar-refractivity contribution in [1.82, 2.24) is 0 Å². The number of ether oxygens (including phenoxy) is 3. The summed E-state index contributed by atoms with van der Waals surface area (Å²) >= 11 is 0. The Morgan fingerprint density at radius 1 is 1.18 bits per heavy atom. The van der Waals surface area contributed by atoms with E-state index in [0.29, 0.717) is 31.6 Å². The maximum atomic E-state index is 15.0. The third kappa shape index (κ3) is 3.81. The molecular formula is C19H23FN2O6. The summed E-state index contributed by atoms with van der Waals surface area (Å²) in [5, 5.41) is 9.76. The maximum Gasteiger partial charge on any atom is 0.355 e. The van der Waals surface area contributed by atoms with E-state index >= 15 is 0 Å². The minimum Gasteiger partial charge on any atom is -0.466 e. The number of aliphatic hydroxyl groups is 1. The first-order valence-corrected chi connectivity index (χ1v) is 8.94. The Hall–Kier alpha value is -2.65. The number of halogens is 1. The molecule has 0 bridgehead atoms. The number of para-hydroxylation sites is 1. The van der Waals surface area contributed by atoms with Gasteiger partial charge in [0.1, 0.15) is 23.9 Å². The summed E-state index contributed by atoms with van der Waals surface area (Å²) in [6, 6.07) is 4.59. The van der Waals surface area contributed by atoms with Crippen molar-refractivity contribution in [2.24, 2.45) is 0 Å². The normalized spacial score (nSPS) is 18.3. The monoisotopic (exact) mass is 394 g/mol. The number of rotatable bonds is 4. The molecule has 0 saturated carbocycles. The van der Waals surface area contributed by atoms with Crippen LogP contribution in [0.25, 0.3) is 0 Å². The zero-order valence-corrected chi connectivity index (χ0v) is 15.8. The minimum atomic E-state index is -0.785. The molecule has 9 heteroatoms. The van der Waals surface area contributed by atoms with Crippen molar-refractivity contribution < 1.29 is 33.3 Å². The molecule has 0 unspecified atom stereocenters. The summed E-state index contributed by atoms with van der Waals surface area (Å²) in [4.78, 5) is 27.9. The molecular weight excluding hydrogens is 371 g/mol. The molecule has 3 rings (SSSR count). The van der Waals surface area contributed by atoms with Gasteiger partial charge in [-0.2, -0.15) is 0 Å². The van der Waals surface area contributed by atoms with Crippen LogP contribution in [0, 0.1) is 5.82 Å². The fraction of sp³-hybridized carbons (Fsp3) is 0.474. The van der Waals surface area contributed by atoms with E-state index in [0.717, 1.165) is 0 Å². The molecule has 2 aliphatic heterocycles. The highest BCUT2D eigenvalue weighted by Gasteiger charge is 2.35. The van der Waals surface area contributed by atoms with E-state index in [1.807, 2.05) is 4.90 Å². The van der Waals surface area contributed by atoms with E-state index in [9.17, 15) is 19.1 Å². The zero-order chi connectivity index (χ0) is 20.3. The van der Waals surface area contributed by atoms with Crippen molar-refractivity contribution in [2.45, 2.75) is 18.9 Å². The molecule has 0 spiro atoms. The van der Waals surface area contributed by atoms with Crippen LogP contribution in [0.4, 0.5) is 15.8 Å². The molecule has 1 saturated heterocycles. The molecule has 1 aromatic carbocycles. The van der Waals surface area contributed by atoms with Crippen molar-refractivity contribution in [3.05, 3.63) is 35.3 Å². The van der Waals surface area contributed by atoms with Crippen LogP contribution >= 0.6 is 0 Å². The average molecular weight is 394 g/mol. The van der Waals surface area contributed by atoms with Crippen LogP contribution in [-0.4, -0.2) is 63.8 Å². The van der Waals surface area contributed by atoms with Gasteiger partial charge in [0, 0.05) is 13.1 Å². The molecule has 0 aliphatic carbocycles. The second-order valence-corrected chi connectivity index (χ2v) is 6.54. The standard InChI is InChI=1S/C19H23FN2O6/c1-26-18(24)13-10-28-11-22(16(13)19(25)27-2)17-14(20)4-3-5-15(17)21-8-6-12(23)7-9-21/h3-5,12,23H,6-11H2,1-2H3. The largest absolute Gasteiger partial charge is 0.466 e. The van der Waals surface area contributed by atoms with Gasteiger partial charge in [-0.15, -0.1) is 0 Å². The van der Waals surface area contributed by atoms with Gasteiger partial charge in [0.25, 0.3) is 0 Å². The van der Waals surface area contributed by atoms with Crippen LogP contribution < -0.4 is 9.80 Å². The van der Waals surface area contributed by atoms with Crippen molar-refractivity contribution in [3.63, 3.8) is 0 Å². The van der Waals surface area contributed by atoms with Crippen molar-refractivity contribution in [2.75, 3.05) is 50.4 Å². The predicted molar refractivity (Wildman–Crippen MR) is 98.2 cm³/mol. The molecule has 28 heavy (non-hydrogen) atoms. The Kier molecular flexibility index (Phi) is 6.15. The van der Waals surface area contributed by atoms with E-state index in [-0.39, 0.29) is 36.4 Å². The second-order valence-electron chi connectivity index (χ2n) is 6.54. The third-order valence-electron chi connectivity index (χ3n) is 4.87. The number of hydrogen-bond acceptors (Lipinski definition) is 8. The summed E-state index contributed by atoms with van der Waals surface area (Å²) in [5.74, 6) is -2.10. The van der Waals surface area contributed by atoms with Crippen LogP contribution in [-0.2, 0) is 23.8 Å². The van der Waals surface area contributed by atoms with E-state index < -0.39 is 17.8 Å². The number of esters is 2. The first-order valence-electron chi connectivity index (χ1n) is 8.94. The Morgan fingerprint density at radius 3 is 2.50 bits per heavy atom. The Balaban J connectivity index is 2.10. The van der Waals surface area contributed by atoms with E-state index in [2.05, 4.69) is 0 Å².